The van der Waals surface area contributed by atoms with Gasteiger partial charge in [-0.1, -0.05) is 0 Å². The number of esters is 1. The van der Waals surface area contributed by atoms with Gasteiger partial charge in [0.25, 0.3) is 0 Å². The largest absolute Gasteiger partial charge is 0.466 e. The highest BCUT2D eigenvalue weighted by molar-refractivity contribution is 6.09. The molecular formula is C12H16O5. The molecule has 2 aliphatic rings. The molecule has 0 spiro atoms. The number of Topliss-reactive ketones (excluding diaryl/α,β-unsaturated/α-hetero) is 2. The van der Waals surface area contributed by atoms with Crippen LogP contribution in [0.1, 0.15) is 32.6 Å². The van der Waals surface area contributed by atoms with Crippen molar-refractivity contribution in [2.45, 2.75) is 44.8 Å². The fourth-order valence-corrected chi connectivity index (χ4v) is 1.93. The standard InChI is InChI=1S/C12H16O5/c1-2-16-12(15)7-5-9(13)11(10(14)6-7)17-8-3-4-8/h7-8,11H,2-6H2,1H3. The number of rotatable bonds is 4. The van der Waals surface area contributed by atoms with Gasteiger partial charge in [-0.25, -0.2) is 0 Å². The topological polar surface area (TPSA) is 69.7 Å². The van der Waals surface area contributed by atoms with E-state index in [4.69, 9.17) is 9.47 Å². The minimum Gasteiger partial charge on any atom is -0.466 e. The molecule has 17 heavy (non-hydrogen) atoms. The fraction of sp³-hybridized carbons (Fsp3) is 0.750. The molecule has 0 radical (unpaired) electrons. The Hall–Kier alpha value is -1.23. The van der Waals surface area contributed by atoms with Crippen LogP contribution in [0.5, 0.6) is 0 Å². The molecule has 2 saturated carbocycles. The van der Waals surface area contributed by atoms with E-state index in [1.807, 2.05) is 0 Å². The molecular weight excluding hydrogens is 224 g/mol. The van der Waals surface area contributed by atoms with Crippen LogP contribution in [0.3, 0.4) is 0 Å². The summed E-state index contributed by atoms with van der Waals surface area (Å²) in [5.74, 6) is -1.65. The van der Waals surface area contributed by atoms with E-state index in [0.717, 1.165) is 12.8 Å². The molecule has 0 aromatic heterocycles. The third-order valence-corrected chi connectivity index (χ3v) is 2.95. The first-order valence-electron chi connectivity index (χ1n) is 5.99. The number of ether oxygens (including phenoxy) is 2. The molecule has 0 atom stereocenters. The normalized spacial score (nSPS) is 29.2. The average Bonchev–Trinajstić information content (AvgIpc) is 3.07. The van der Waals surface area contributed by atoms with Crippen LogP contribution < -0.4 is 0 Å². The van der Waals surface area contributed by atoms with Crippen molar-refractivity contribution in [2.75, 3.05) is 6.61 Å². The maximum absolute atomic E-state index is 11.7. The fourth-order valence-electron chi connectivity index (χ4n) is 1.93. The lowest BCUT2D eigenvalue weighted by molar-refractivity contribution is -0.159. The second kappa shape index (κ2) is 4.96. The zero-order valence-corrected chi connectivity index (χ0v) is 9.81. The van der Waals surface area contributed by atoms with E-state index in [0.29, 0.717) is 0 Å². The van der Waals surface area contributed by atoms with Gasteiger partial charge < -0.3 is 9.47 Å². The Morgan fingerprint density at radius 1 is 1.24 bits per heavy atom. The lowest BCUT2D eigenvalue weighted by atomic mass is 9.85. The first kappa shape index (κ1) is 12.2. The summed E-state index contributed by atoms with van der Waals surface area (Å²) < 4.78 is 10.2. The quantitative estimate of drug-likeness (QED) is 0.533. The molecule has 0 aromatic carbocycles. The summed E-state index contributed by atoms with van der Waals surface area (Å²) in [6, 6.07) is 0. The van der Waals surface area contributed by atoms with Crippen LogP contribution in [-0.4, -0.2) is 36.4 Å². The Balaban J connectivity index is 1.94. The van der Waals surface area contributed by atoms with Crippen molar-refractivity contribution >= 4 is 17.5 Å². The summed E-state index contributed by atoms with van der Waals surface area (Å²) in [5.41, 5.74) is 0. The van der Waals surface area contributed by atoms with Crippen molar-refractivity contribution in [3.05, 3.63) is 0 Å². The highest BCUT2D eigenvalue weighted by Gasteiger charge is 2.42. The van der Waals surface area contributed by atoms with Gasteiger partial charge in [0.1, 0.15) is 0 Å². The van der Waals surface area contributed by atoms with E-state index < -0.39 is 18.0 Å². The molecule has 0 bridgehead atoms. The molecule has 0 unspecified atom stereocenters. The van der Waals surface area contributed by atoms with Gasteiger partial charge in [0, 0.05) is 12.8 Å². The van der Waals surface area contributed by atoms with E-state index in [-0.39, 0.29) is 37.1 Å². The maximum atomic E-state index is 11.7. The Morgan fingerprint density at radius 2 is 1.82 bits per heavy atom. The lowest BCUT2D eigenvalue weighted by Gasteiger charge is -2.24. The number of hydrogen-bond donors (Lipinski definition) is 0. The van der Waals surface area contributed by atoms with E-state index in [1.165, 1.54) is 0 Å². The Kier molecular flexibility index (Phi) is 3.57. The van der Waals surface area contributed by atoms with Crippen LogP contribution in [0.2, 0.25) is 0 Å². The van der Waals surface area contributed by atoms with Crippen molar-refractivity contribution < 1.29 is 23.9 Å². The number of carbonyl (C=O) groups excluding carboxylic acids is 3. The monoisotopic (exact) mass is 240 g/mol. The van der Waals surface area contributed by atoms with Crippen LogP contribution in [-0.2, 0) is 23.9 Å². The van der Waals surface area contributed by atoms with Gasteiger partial charge in [-0.05, 0) is 19.8 Å². The number of hydrogen-bond acceptors (Lipinski definition) is 5. The summed E-state index contributed by atoms with van der Waals surface area (Å²) in [7, 11) is 0. The van der Waals surface area contributed by atoms with E-state index in [1.54, 1.807) is 6.92 Å². The molecule has 0 amide bonds. The van der Waals surface area contributed by atoms with Gasteiger partial charge >= 0.3 is 5.97 Å². The molecule has 0 heterocycles. The van der Waals surface area contributed by atoms with Crippen molar-refractivity contribution in [1.29, 1.82) is 0 Å². The lowest BCUT2D eigenvalue weighted by Crippen LogP contribution is -2.43. The van der Waals surface area contributed by atoms with Crippen molar-refractivity contribution in [3.8, 4) is 0 Å². The number of ketones is 2. The van der Waals surface area contributed by atoms with Gasteiger partial charge in [0.2, 0.25) is 0 Å². The molecule has 5 nitrogen and oxygen atoms in total. The summed E-state index contributed by atoms with van der Waals surface area (Å²) in [5, 5.41) is 0. The van der Waals surface area contributed by atoms with Crippen molar-refractivity contribution in [2.24, 2.45) is 5.92 Å². The molecule has 2 fully saturated rings. The van der Waals surface area contributed by atoms with Crippen LogP contribution in [0, 0.1) is 5.92 Å². The molecule has 94 valence electrons. The second-order valence-electron chi connectivity index (χ2n) is 4.51. The van der Waals surface area contributed by atoms with Gasteiger partial charge in [0.05, 0.1) is 18.6 Å². The minimum atomic E-state index is -0.937. The Labute approximate surface area is 99.5 Å². The molecule has 5 heteroatoms. The minimum absolute atomic E-state index is 0.0575. The first-order valence-corrected chi connectivity index (χ1v) is 5.99. The van der Waals surface area contributed by atoms with Crippen LogP contribution in [0.15, 0.2) is 0 Å². The van der Waals surface area contributed by atoms with Crippen LogP contribution in [0.4, 0.5) is 0 Å². The molecule has 0 N–H and O–H groups in total. The van der Waals surface area contributed by atoms with E-state index >= 15 is 0 Å². The summed E-state index contributed by atoms with van der Waals surface area (Å²) in [4.78, 5) is 34.9. The predicted octanol–water partition coefficient (Wildman–Crippen LogP) is 0.645. The second-order valence-corrected chi connectivity index (χ2v) is 4.51. The van der Waals surface area contributed by atoms with E-state index in [9.17, 15) is 14.4 Å². The first-order chi connectivity index (χ1) is 8.11. The summed E-state index contributed by atoms with van der Waals surface area (Å²) in [6.45, 7) is 1.96. The molecule has 2 rings (SSSR count). The molecule has 0 saturated heterocycles. The van der Waals surface area contributed by atoms with Crippen LogP contribution >= 0.6 is 0 Å². The van der Waals surface area contributed by atoms with Gasteiger partial charge in [-0.2, -0.15) is 0 Å². The predicted molar refractivity (Wildman–Crippen MR) is 57.3 cm³/mol. The van der Waals surface area contributed by atoms with Gasteiger partial charge in [-0.3, -0.25) is 14.4 Å². The van der Waals surface area contributed by atoms with Gasteiger partial charge in [-0.15, -0.1) is 0 Å². The Morgan fingerprint density at radius 3 is 2.29 bits per heavy atom. The zero-order chi connectivity index (χ0) is 12.4. The smallest absolute Gasteiger partial charge is 0.309 e. The summed E-state index contributed by atoms with van der Waals surface area (Å²) in [6.07, 6.45) is 1.07. The molecule has 0 aromatic rings. The average molecular weight is 240 g/mol. The van der Waals surface area contributed by atoms with Gasteiger partial charge in [0.15, 0.2) is 17.7 Å². The third-order valence-electron chi connectivity index (χ3n) is 2.95. The van der Waals surface area contributed by atoms with Crippen molar-refractivity contribution in [3.63, 3.8) is 0 Å². The highest BCUT2D eigenvalue weighted by atomic mass is 16.5. The SMILES string of the molecule is CCOC(=O)C1CC(=O)C(OC2CC2)C(=O)C1. The zero-order valence-electron chi connectivity index (χ0n) is 9.81. The van der Waals surface area contributed by atoms with Crippen LogP contribution in [0.25, 0.3) is 0 Å². The Bertz CT molecular complexity index is 327. The highest BCUT2D eigenvalue weighted by Crippen LogP contribution is 2.29. The molecule has 0 aliphatic heterocycles. The summed E-state index contributed by atoms with van der Waals surface area (Å²) >= 11 is 0. The maximum Gasteiger partial charge on any atom is 0.309 e. The van der Waals surface area contributed by atoms with Crippen molar-refractivity contribution in [1.82, 2.24) is 0 Å². The molecule has 2 aliphatic carbocycles. The van der Waals surface area contributed by atoms with E-state index in [2.05, 4.69) is 0 Å². The third kappa shape index (κ3) is 2.91. The number of carbonyl (C=O) groups is 3.